The summed E-state index contributed by atoms with van der Waals surface area (Å²) in [5.41, 5.74) is 5.39. The van der Waals surface area contributed by atoms with Gasteiger partial charge in [0.2, 0.25) is 0 Å². The fourth-order valence-corrected chi connectivity index (χ4v) is 1.65. The number of nitro benzene ring substituents is 1. The molecule has 16 heavy (non-hydrogen) atoms. The van der Waals surface area contributed by atoms with Crippen LogP contribution in [0.4, 0.5) is 10.1 Å². The Morgan fingerprint density at radius 3 is 2.88 bits per heavy atom. The molecule has 0 radical (unpaired) electrons. The Balaban J connectivity index is 2.92. The van der Waals surface area contributed by atoms with Crippen LogP contribution in [0, 0.1) is 15.9 Å². The molecule has 1 aromatic carbocycles. The lowest BCUT2D eigenvalue weighted by Crippen LogP contribution is -2.09. The van der Waals surface area contributed by atoms with E-state index in [1.54, 1.807) is 0 Å². The predicted octanol–water partition coefficient (Wildman–Crippen LogP) is 1.16. The molecule has 0 amide bonds. The van der Waals surface area contributed by atoms with E-state index in [9.17, 15) is 14.5 Å². The predicted molar refractivity (Wildman–Crippen MR) is 60.2 cm³/mol. The first-order valence-electron chi connectivity index (χ1n) is 4.13. The first kappa shape index (κ1) is 12.2. The highest BCUT2D eigenvalue weighted by Gasteiger charge is 2.14. The van der Waals surface area contributed by atoms with Gasteiger partial charge in [0.1, 0.15) is 5.82 Å². The van der Waals surface area contributed by atoms with Gasteiger partial charge in [0.25, 0.3) is 5.69 Å². The van der Waals surface area contributed by atoms with Crippen LogP contribution in [0.15, 0.2) is 23.3 Å². The fourth-order valence-electron chi connectivity index (χ4n) is 1.04. The average Bonchev–Trinajstić information content (AvgIpc) is 2.25. The van der Waals surface area contributed by atoms with Crippen LogP contribution in [0.1, 0.15) is 5.56 Å². The van der Waals surface area contributed by atoms with Crippen LogP contribution < -0.4 is 11.6 Å². The standard InChI is InChI=1S/C8H9FN4O2S/c9-6-1-2-7(13(14)15)5(3-6)4-16-8(10)12-11/h1-3H,4,11H2,(H2,10,12). The molecule has 4 N–H and O–H groups in total. The number of halogens is 1. The molecule has 0 aromatic heterocycles. The Morgan fingerprint density at radius 1 is 1.62 bits per heavy atom. The molecule has 0 bridgehead atoms. The molecule has 0 heterocycles. The van der Waals surface area contributed by atoms with Crippen molar-refractivity contribution in [2.75, 3.05) is 0 Å². The Kier molecular flexibility index (Phi) is 4.06. The summed E-state index contributed by atoms with van der Waals surface area (Å²) in [4.78, 5) is 10.1. The van der Waals surface area contributed by atoms with Gasteiger partial charge in [-0.15, -0.1) is 0 Å². The molecule has 1 aromatic rings. The number of nitro groups is 1. The van der Waals surface area contributed by atoms with Crippen LogP contribution in [-0.2, 0) is 5.75 Å². The summed E-state index contributed by atoms with van der Waals surface area (Å²) in [7, 11) is 0. The van der Waals surface area contributed by atoms with Crippen molar-refractivity contribution in [3.8, 4) is 0 Å². The molecule has 0 atom stereocenters. The molecule has 86 valence electrons. The number of benzene rings is 1. The minimum absolute atomic E-state index is 0.0820. The summed E-state index contributed by atoms with van der Waals surface area (Å²) in [6, 6.07) is 3.24. The van der Waals surface area contributed by atoms with E-state index in [4.69, 9.17) is 11.6 Å². The minimum Gasteiger partial charge on any atom is -0.377 e. The molecule has 8 heteroatoms. The number of hydrogen-bond donors (Lipinski definition) is 2. The van der Waals surface area contributed by atoms with E-state index >= 15 is 0 Å². The van der Waals surface area contributed by atoms with Crippen molar-refractivity contribution in [3.63, 3.8) is 0 Å². The van der Waals surface area contributed by atoms with E-state index in [0.717, 1.165) is 30.0 Å². The van der Waals surface area contributed by atoms with Crippen LogP contribution in [0.2, 0.25) is 0 Å². The summed E-state index contributed by atoms with van der Waals surface area (Å²) < 4.78 is 12.9. The van der Waals surface area contributed by atoms with Gasteiger partial charge in [-0.2, -0.15) is 5.10 Å². The van der Waals surface area contributed by atoms with E-state index in [1.807, 2.05) is 0 Å². The SMILES string of the molecule is NN=C(N)SCc1cc(F)ccc1[N+](=O)[O-]. The number of nitrogens with zero attached hydrogens (tertiary/aromatic N) is 2. The van der Waals surface area contributed by atoms with Crippen molar-refractivity contribution < 1.29 is 9.31 Å². The maximum absolute atomic E-state index is 12.9. The summed E-state index contributed by atoms with van der Waals surface area (Å²) in [5, 5.41) is 13.9. The van der Waals surface area contributed by atoms with E-state index in [0.29, 0.717) is 0 Å². The number of rotatable bonds is 3. The lowest BCUT2D eigenvalue weighted by Gasteiger charge is -2.02. The molecule has 0 unspecified atom stereocenters. The first-order valence-corrected chi connectivity index (χ1v) is 5.12. The second-order valence-corrected chi connectivity index (χ2v) is 3.78. The molecule has 0 aliphatic heterocycles. The number of thioether (sulfide) groups is 1. The van der Waals surface area contributed by atoms with E-state index in [1.165, 1.54) is 0 Å². The fraction of sp³-hybridized carbons (Fsp3) is 0.125. The van der Waals surface area contributed by atoms with Gasteiger partial charge < -0.3 is 11.6 Å². The third-order valence-electron chi connectivity index (χ3n) is 1.74. The zero-order valence-electron chi connectivity index (χ0n) is 8.09. The Labute approximate surface area is 94.6 Å². The largest absolute Gasteiger partial charge is 0.377 e. The minimum atomic E-state index is -0.578. The van der Waals surface area contributed by atoms with Gasteiger partial charge in [-0.3, -0.25) is 10.1 Å². The summed E-state index contributed by atoms with van der Waals surface area (Å²) in [5.74, 6) is 4.50. The highest BCUT2D eigenvalue weighted by Crippen LogP contribution is 2.23. The lowest BCUT2D eigenvalue weighted by molar-refractivity contribution is -0.385. The van der Waals surface area contributed by atoms with Gasteiger partial charge in [0, 0.05) is 17.4 Å². The maximum atomic E-state index is 12.9. The molecule has 1 rings (SSSR count). The molecular weight excluding hydrogens is 235 g/mol. The van der Waals surface area contributed by atoms with Gasteiger partial charge >= 0.3 is 0 Å². The number of amidine groups is 1. The van der Waals surface area contributed by atoms with Crippen molar-refractivity contribution in [3.05, 3.63) is 39.7 Å². The number of nitrogens with two attached hydrogens (primary N) is 2. The quantitative estimate of drug-likeness (QED) is 0.273. The zero-order valence-corrected chi connectivity index (χ0v) is 8.91. The lowest BCUT2D eigenvalue weighted by atomic mass is 10.2. The van der Waals surface area contributed by atoms with Crippen LogP contribution in [-0.4, -0.2) is 10.1 Å². The number of hydrazone groups is 1. The zero-order chi connectivity index (χ0) is 12.1. The average molecular weight is 244 g/mol. The molecule has 0 saturated heterocycles. The molecule has 0 aliphatic rings. The van der Waals surface area contributed by atoms with Crippen molar-refractivity contribution in [2.45, 2.75) is 5.75 Å². The Morgan fingerprint density at radius 2 is 2.31 bits per heavy atom. The van der Waals surface area contributed by atoms with E-state index in [-0.39, 0.29) is 22.2 Å². The molecule has 6 nitrogen and oxygen atoms in total. The van der Waals surface area contributed by atoms with Crippen molar-refractivity contribution >= 4 is 22.6 Å². The van der Waals surface area contributed by atoms with Gasteiger partial charge in [-0.05, 0) is 12.1 Å². The van der Waals surface area contributed by atoms with Gasteiger partial charge in [-0.25, -0.2) is 4.39 Å². The van der Waals surface area contributed by atoms with Crippen LogP contribution in [0.25, 0.3) is 0 Å². The Bertz CT molecular complexity index is 438. The second-order valence-electron chi connectivity index (χ2n) is 2.79. The molecule has 0 aliphatic carbocycles. The third kappa shape index (κ3) is 3.09. The van der Waals surface area contributed by atoms with Crippen molar-refractivity contribution in [2.24, 2.45) is 16.7 Å². The molecule has 0 spiro atoms. The van der Waals surface area contributed by atoms with Gasteiger partial charge in [-0.1, -0.05) is 11.8 Å². The summed E-state index contributed by atoms with van der Waals surface area (Å²) >= 11 is 1.00. The highest BCUT2D eigenvalue weighted by molar-refractivity contribution is 8.13. The topological polar surface area (TPSA) is 108 Å². The van der Waals surface area contributed by atoms with E-state index < -0.39 is 10.7 Å². The smallest absolute Gasteiger partial charge is 0.273 e. The normalized spacial score (nSPS) is 11.4. The van der Waals surface area contributed by atoms with Gasteiger partial charge in [0.15, 0.2) is 5.17 Å². The van der Waals surface area contributed by atoms with Crippen LogP contribution >= 0.6 is 11.8 Å². The highest BCUT2D eigenvalue weighted by atomic mass is 32.2. The first-order chi connectivity index (χ1) is 7.54. The summed E-state index contributed by atoms with van der Waals surface area (Å²) in [6.07, 6.45) is 0. The van der Waals surface area contributed by atoms with Crippen LogP contribution in [0.5, 0.6) is 0 Å². The van der Waals surface area contributed by atoms with E-state index in [2.05, 4.69) is 5.10 Å². The van der Waals surface area contributed by atoms with Gasteiger partial charge in [0.05, 0.1) is 4.92 Å². The third-order valence-corrected chi connectivity index (χ3v) is 2.60. The number of hydrogen-bond acceptors (Lipinski definition) is 5. The molecule has 0 saturated carbocycles. The Hall–Kier alpha value is -1.83. The maximum Gasteiger partial charge on any atom is 0.273 e. The summed E-state index contributed by atoms with van der Waals surface area (Å²) in [6.45, 7) is 0. The molecule has 0 fully saturated rings. The van der Waals surface area contributed by atoms with Crippen molar-refractivity contribution in [1.82, 2.24) is 0 Å². The monoisotopic (exact) mass is 244 g/mol. The molecular formula is C8H9FN4O2S. The van der Waals surface area contributed by atoms with Crippen LogP contribution in [0.3, 0.4) is 0 Å². The van der Waals surface area contributed by atoms with Crippen molar-refractivity contribution in [1.29, 1.82) is 0 Å². The second kappa shape index (κ2) is 5.31.